The van der Waals surface area contributed by atoms with Crippen LogP contribution in [-0.4, -0.2) is 21.6 Å². The van der Waals surface area contributed by atoms with Gasteiger partial charge in [0.1, 0.15) is 24.5 Å². The molecular weight excluding hydrogens is 344 g/mol. The van der Waals surface area contributed by atoms with Gasteiger partial charge in [0.25, 0.3) is 5.56 Å². The Labute approximate surface area is 149 Å². The number of esters is 1. The van der Waals surface area contributed by atoms with Crippen molar-refractivity contribution in [1.82, 2.24) is 9.55 Å². The molecule has 130 valence electrons. The minimum absolute atomic E-state index is 0.196. The van der Waals surface area contributed by atoms with E-state index in [1.165, 1.54) is 17.2 Å². The molecule has 0 radical (unpaired) electrons. The lowest BCUT2D eigenvalue weighted by Crippen LogP contribution is -2.27. The normalized spacial score (nSPS) is 12.3. The van der Waals surface area contributed by atoms with Crippen molar-refractivity contribution >= 4 is 28.7 Å². The summed E-state index contributed by atoms with van der Waals surface area (Å²) < 4.78 is 11.8. The van der Waals surface area contributed by atoms with E-state index in [-0.39, 0.29) is 23.9 Å². The summed E-state index contributed by atoms with van der Waals surface area (Å²) in [7, 11) is 0. The fourth-order valence-corrected chi connectivity index (χ4v) is 2.53. The van der Waals surface area contributed by atoms with E-state index >= 15 is 0 Å². The summed E-state index contributed by atoms with van der Waals surface area (Å²) in [5.41, 5.74) is 1.25. The van der Waals surface area contributed by atoms with Crippen molar-refractivity contribution < 1.29 is 13.9 Å². The predicted octanol–water partition coefficient (Wildman–Crippen LogP) is 3.65. The number of halogens is 1. The molecule has 1 unspecified atom stereocenters. The monoisotopic (exact) mass is 360 g/mol. The molecular formula is C18H17ClN2O4. The van der Waals surface area contributed by atoms with E-state index in [1.807, 2.05) is 6.92 Å². The Hall–Kier alpha value is -2.60. The third-order valence-corrected chi connectivity index (χ3v) is 4.17. The van der Waals surface area contributed by atoms with Gasteiger partial charge in [0.2, 0.25) is 5.71 Å². The number of aromatic nitrogens is 2. The van der Waals surface area contributed by atoms with Gasteiger partial charge in [-0.25, -0.2) is 4.98 Å². The molecule has 0 saturated heterocycles. The molecule has 0 aliphatic rings. The second-order valence-electron chi connectivity index (χ2n) is 5.72. The topological polar surface area (TPSA) is 74.3 Å². The number of rotatable bonds is 5. The standard InChI is InChI=1S/C18H17ClN2O4/c1-3-11(2)25-15(22)8-21-10-20-17-16(18(21)23)14(9-24-17)12-4-6-13(19)7-5-12/h4-7,9-11H,3,8H2,1-2H3. The quantitative estimate of drug-likeness (QED) is 0.649. The Bertz CT molecular complexity index is 959. The van der Waals surface area contributed by atoms with Gasteiger partial charge in [0.15, 0.2) is 0 Å². The molecule has 0 spiro atoms. The van der Waals surface area contributed by atoms with Crippen molar-refractivity contribution in [1.29, 1.82) is 0 Å². The Balaban J connectivity index is 1.99. The minimum Gasteiger partial charge on any atom is -0.461 e. The van der Waals surface area contributed by atoms with Gasteiger partial charge in [-0.1, -0.05) is 30.7 Å². The van der Waals surface area contributed by atoms with Crippen LogP contribution in [0.1, 0.15) is 20.3 Å². The highest BCUT2D eigenvalue weighted by molar-refractivity contribution is 6.30. The van der Waals surface area contributed by atoms with Gasteiger partial charge in [0.05, 0.1) is 6.10 Å². The zero-order valence-electron chi connectivity index (χ0n) is 13.9. The van der Waals surface area contributed by atoms with Gasteiger partial charge in [0, 0.05) is 10.6 Å². The van der Waals surface area contributed by atoms with Crippen LogP contribution in [0.15, 0.2) is 46.1 Å². The van der Waals surface area contributed by atoms with Crippen LogP contribution in [0.25, 0.3) is 22.2 Å². The molecule has 3 aromatic rings. The highest BCUT2D eigenvalue weighted by Crippen LogP contribution is 2.28. The molecule has 0 saturated carbocycles. The van der Waals surface area contributed by atoms with E-state index in [2.05, 4.69) is 4.98 Å². The van der Waals surface area contributed by atoms with Crippen molar-refractivity contribution in [3.63, 3.8) is 0 Å². The summed E-state index contributed by atoms with van der Waals surface area (Å²) in [6.07, 6.45) is 3.28. The average molecular weight is 361 g/mol. The van der Waals surface area contributed by atoms with Crippen LogP contribution >= 0.6 is 11.6 Å². The van der Waals surface area contributed by atoms with Crippen molar-refractivity contribution in [3.05, 3.63) is 52.2 Å². The van der Waals surface area contributed by atoms with E-state index in [9.17, 15) is 9.59 Å². The Kier molecular flexibility index (Phi) is 4.90. The first kappa shape index (κ1) is 17.2. The van der Waals surface area contributed by atoms with E-state index in [4.69, 9.17) is 20.8 Å². The minimum atomic E-state index is -0.478. The van der Waals surface area contributed by atoms with Crippen LogP contribution in [0.4, 0.5) is 0 Å². The lowest BCUT2D eigenvalue weighted by atomic mass is 10.1. The number of ether oxygens (including phenoxy) is 1. The zero-order valence-corrected chi connectivity index (χ0v) is 14.6. The van der Waals surface area contributed by atoms with Crippen molar-refractivity contribution in [3.8, 4) is 11.1 Å². The van der Waals surface area contributed by atoms with E-state index in [1.54, 1.807) is 31.2 Å². The highest BCUT2D eigenvalue weighted by Gasteiger charge is 2.17. The van der Waals surface area contributed by atoms with Crippen LogP contribution in [0.2, 0.25) is 5.02 Å². The first-order valence-electron chi connectivity index (χ1n) is 7.91. The summed E-state index contributed by atoms with van der Waals surface area (Å²) in [5.74, 6) is -0.478. The van der Waals surface area contributed by atoms with Crippen LogP contribution in [0.3, 0.4) is 0 Å². The maximum Gasteiger partial charge on any atom is 0.326 e. The van der Waals surface area contributed by atoms with Gasteiger partial charge in [-0.3, -0.25) is 14.2 Å². The van der Waals surface area contributed by atoms with Crippen LogP contribution in [0, 0.1) is 0 Å². The van der Waals surface area contributed by atoms with Gasteiger partial charge < -0.3 is 9.15 Å². The van der Waals surface area contributed by atoms with Crippen molar-refractivity contribution in [2.24, 2.45) is 0 Å². The molecule has 1 aromatic carbocycles. The van der Waals surface area contributed by atoms with Crippen molar-refractivity contribution in [2.75, 3.05) is 0 Å². The average Bonchev–Trinajstić information content (AvgIpc) is 3.02. The van der Waals surface area contributed by atoms with Gasteiger partial charge in [-0.2, -0.15) is 0 Å². The molecule has 0 bridgehead atoms. The maximum atomic E-state index is 12.8. The van der Waals surface area contributed by atoms with Crippen molar-refractivity contribution in [2.45, 2.75) is 32.9 Å². The first-order valence-corrected chi connectivity index (χ1v) is 8.29. The molecule has 0 aliphatic carbocycles. The smallest absolute Gasteiger partial charge is 0.326 e. The van der Waals surface area contributed by atoms with Gasteiger partial charge in [-0.15, -0.1) is 0 Å². The SMILES string of the molecule is CCC(C)OC(=O)Cn1cnc2occ(-c3ccc(Cl)cc3)c2c1=O. The fourth-order valence-electron chi connectivity index (χ4n) is 2.41. The lowest BCUT2D eigenvalue weighted by Gasteiger charge is -2.11. The number of carbonyl (C=O) groups excluding carboxylic acids is 1. The third kappa shape index (κ3) is 3.58. The molecule has 1 atom stereocenters. The summed E-state index contributed by atoms with van der Waals surface area (Å²) >= 11 is 5.91. The molecule has 0 amide bonds. The molecule has 0 aliphatic heterocycles. The van der Waals surface area contributed by atoms with Crippen LogP contribution < -0.4 is 5.56 Å². The molecule has 6 nitrogen and oxygen atoms in total. The Morgan fingerprint density at radius 1 is 1.36 bits per heavy atom. The van der Waals surface area contributed by atoms with Crippen LogP contribution in [-0.2, 0) is 16.1 Å². The molecule has 2 heterocycles. The number of fused-ring (bicyclic) bond motifs is 1. The second kappa shape index (κ2) is 7.11. The summed E-state index contributed by atoms with van der Waals surface area (Å²) in [6, 6.07) is 7.05. The molecule has 2 aromatic heterocycles. The number of carbonyl (C=O) groups is 1. The molecule has 25 heavy (non-hydrogen) atoms. The van der Waals surface area contributed by atoms with Gasteiger partial charge >= 0.3 is 5.97 Å². The number of benzene rings is 1. The number of hydrogen-bond acceptors (Lipinski definition) is 5. The Morgan fingerprint density at radius 3 is 2.76 bits per heavy atom. The Morgan fingerprint density at radius 2 is 2.08 bits per heavy atom. The summed E-state index contributed by atoms with van der Waals surface area (Å²) in [5, 5.41) is 0.918. The molecule has 7 heteroatoms. The van der Waals surface area contributed by atoms with Crippen LogP contribution in [0.5, 0.6) is 0 Å². The number of furan rings is 1. The lowest BCUT2D eigenvalue weighted by molar-refractivity contribution is -0.149. The zero-order chi connectivity index (χ0) is 18.0. The number of hydrogen-bond donors (Lipinski definition) is 0. The van der Waals surface area contributed by atoms with Gasteiger partial charge in [-0.05, 0) is 31.0 Å². The summed E-state index contributed by atoms with van der Waals surface area (Å²) in [4.78, 5) is 28.8. The molecule has 0 fully saturated rings. The second-order valence-corrected chi connectivity index (χ2v) is 6.16. The third-order valence-electron chi connectivity index (χ3n) is 3.92. The van der Waals surface area contributed by atoms with E-state index in [0.717, 1.165) is 5.56 Å². The molecule has 3 rings (SSSR count). The van der Waals surface area contributed by atoms with E-state index in [0.29, 0.717) is 22.4 Å². The fraction of sp³-hybridized carbons (Fsp3) is 0.278. The maximum absolute atomic E-state index is 12.8. The summed E-state index contributed by atoms with van der Waals surface area (Å²) in [6.45, 7) is 3.52. The molecule has 0 N–H and O–H groups in total. The highest BCUT2D eigenvalue weighted by atomic mass is 35.5. The first-order chi connectivity index (χ1) is 12.0. The largest absolute Gasteiger partial charge is 0.461 e. The number of nitrogens with zero attached hydrogens (tertiary/aromatic N) is 2. The van der Waals surface area contributed by atoms with E-state index < -0.39 is 5.97 Å². The predicted molar refractivity (Wildman–Crippen MR) is 94.6 cm³/mol.